The topological polar surface area (TPSA) is 58.6 Å². The van der Waals surface area contributed by atoms with Crippen molar-refractivity contribution >= 4 is 5.91 Å². The molecule has 2 aromatic carbocycles. The molecule has 24 heavy (non-hydrogen) atoms. The summed E-state index contributed by atoms with van der Waals surface area (Å²) < 4.78 is 31.7. The molecule has 6 heteroatoms. The summed E-state index contributed by atoms with van der Waals surface area (Å²) in [5, 5.41) is 11.7. The number of nitrogens with one attached hydrogen (secondary N) is 1. The van der Waals surface area contributed by atoms with Crippen molar-refractivity contribution in [2.45, 2.75) is 26.0 Å². The lowest BCUT2D eigenvalue weighted by molar-refractivity contribution is -0.121. The van der Waals surface area contributed by atoms with Crippen LogP contribution >= 0.6 is 0 Å². The molecule has 4 nitrogen and oxygen atoms in total. The predicted octanol–water partition coefficient (Wildman–Crippen LogP) is 2.71. The number of hydrogen-bond acceptors (Lipinski definition) is 3. The SMILES string of the molecule is COc1ccc(CCC(=O)NCc2ccc(F)c(CO)c2)cc1F. The lowest BCUT2D eigenvalue weighted by atomic mass is 10.1. The average molecular weight is 335 g/mol. The third-order valence-electron chi connectivity index (χ3n) is 3.63. The number of aryl methyl sites for hydroxylation is 1. The van der Waals surface area contributed by atoms with Crippen molar-refractivity contribution in [3.8, 4) is 5.75 Å². The number of carbonyl (C=O) groups excluding carboxylic acids is 1. The van der Waals surface area contributed by atoms with Gasteiger partial charge >= 0.3 is 0 Å². The van der Waals surface area contributed by atoms with Gasteiger partial charge in [0, 0.05) is 18.5 Å². The number of carbonyl (C=O) groups is 1. The van der Waals surface area contributed by atoms with Gasteiger partial charge < -0.3 is 15.2 Å². The molecule has 1 amide bonds. The Bertz CT molecular complexity index is 719. The van der Waals surface area contributed by atoms with Crippen molar-refractivity contribution in [1.29, 1.82) is 0 Å². The van der Waals surface area contributed by atoms with Crippen LogP contribution in [0.25, 0.3) is 0 Å². The molecule has 0 unspecified atom stereocenters. The summed E-state index contributed by atoms with van der Waals surface area (Å²) in [4.78, 5) is 11.9. The van der Waals surface area contributed by atoms with E-state index in [0.29, 0.717) is 17.5 Å². The largest absolute Gasteiger partial charge is 0.494 e. The fourth-order valence-electron chi connectivity index (χ4n) is 2.27. The first-order chi connectivity index (χ1) is 11.5. The third-order valence-corrected chi connectivity index (χ3v) is 3.63. The van der Waals surface area contributed by atoms with Crippen molar-refractivity contribution in [2.75, 3.05) is 7.11 Å². The van der Waals surface area contributed by atoms with Gasteiger partial charge in [-0.1, -0.05) is 12.1 Å². The van der Waals surface area contributed by atoms with Gasteiger partial charge in [0.1, 0.15) is 5.82 Å². The number of amides is 1. The van der Waals surface area contributed by atoms with Gasteiger partial charge in [-0.3, -0.25) is 4.79 Å². The van der Waals surface area contributed by atoms with Gasteiger partial charge in [-0.05, 0) is 41.8 Å². The van der Waals surface area contributed by atoms with E-state index in [-0.39, 0.29) is 30.2 Å². The third kappa shape index (κ3) is 4.76. The Labute approximate surface area is 139 Å². The predicted molar refractivity (Wildman–Crippen MR) is 85.4 cm³/mol. The van der Waals surface area contributed by atoms with Crippen molar-refractivity contribution in [1.82, 2.24) is 5.32 Å². The summed E-state index contributed by atoms with van der Waals surface area (Å²) >= 11 is 0. The number of aliphatic hydroxyl groups is 1. The van der Waals surface area contributed by atoms with E-state index in [1.54, 1.807) is 12.1 Å². The molecule has 0 saturated heterocycles. The molecule has 2 N–H and O–H groups in total. The molecule has 0 aliphatic heterocycles. The molecule has 0 aliphatic rings. The zero-order chi connectivity index (χ0) is 17.5. The first-order valence-corrected chi connectivity index (χ1v) is 7.50. The van der Waals surface area contributed by atoms with Gasteiger partial charge in [-0.15, -0.1) is 0 Å². The minimum Gasteiger partial charge on any atom is -0.494 e. The van der Waals surface area contributed by atoms with Crippen LogP contribution in [0.15, 0.2) is 36.4 Å². The maximum atomic E-state index is 13.6. The van der Waals surface area contributed by atoms with Crippen LogP contribution in [0, 0.1) is 11.6 Å². The highest BCUT2D eigenvalue weighted by Crippen LogP contribution is 2.18. The molecule has 0 aliphatic carbocycles. The highest BCUT2D eigenvalue weighted by molar-refractivity contribution is 5.76. The minimum absolute atomic E-state index is 0.166. The second-order valence-corrected chi connectivity index (χ2v) is 5.33. The van der Waals surface area contributed by atoms with Crippen molar-refractivity contribution in [3.63, 3.8) is 0 Å². The van der Waals surface area contributed by atoms with E-state index in [0.717, 1.165) is 0 Å². The van der Waals surface area contributed by atoms with Crippen molar-refractivity contribution in [2.24, 2.45) is 0 Å². The highest BCUT2D eigenvalue weighted by atomic mass is 19.1. The van der Waals surface area contributed by atoms with E-state index < -0.39 is 18.2 Å². The smallest absolute Gasteiger partial charge is 0.220 e. The van der Waals surface area contributed by atoms with Gasteiger partial charge in [-0.2, -0.15) is 0 Å². The summed E-state index contributed by atoms with van der Waals surface area (Å²) in [7, 11) is 1.39. The second-order valence-electron chi connectivity index (χ2n) is 5.33. The van der Waals surface area contributed by atoms with E-state index in [1.165, 1.54) is 31.4 Å². The van der Waals surface area contributed by atoms with E-state index in [2.05, 4.69) is 5.32 Å². The zero-order valence-electron chi connectivity index (χ0n) is 13.3. The van der Waals surface area contributed by atoms with E-state index in [1.807, 2.05) is 0 Å². The maximum Gasteiger partial charge on any atom is 0.220 e. The van der Waals surface area contributed by atoms with Crippen LogP contribution in [-0.2, 0) is 24.4 Å². The molecule has 0 aromatic heterocycles. The molecule has 0 atom stereocenters. The first-order valence-electron chi connectivity index (χ1n) is 7.50. The molecule has 0 radical (unpaired) electrons. The fraction of sp³-hybridized carbons (Fsp3) is 0.278. The van der Waals surface area contributed by atoms with Gasteiger partial charge in [0.25, 0.3) is 0 Å². The summed E-state index contributed by atoms with van der Waals surface area (Å²) in [6.07, 6.45) is 0.609. The summed E-state index contributed by atoms with van der Waals surface area (Å²) in [5.41, 5.74) is 1.59. The summed E-state index contributed by atoms with van der Waals surface area (Å²) in [6.45, 7) is -0.153. The minimum atomic E-state index is -0.478. The molecule has 2 rings (SSSR count). The van der Waals surface area contributed by atoms with Crippen LogP contribution in [0.2, 0.25) is 0 Å². The van der Waals surface area contributed by atoms with E-state index in [9.17, 15) is 13.6 Å². The van der Waals surface area contributed by atoms with Gasteiger partial charge in [0.2, 0.25) is 5.91 Å². The number of benzene rings is 2. The summed E-state index contributed by atoms with van der Waals surface area (Å²) in [6, 6.07) is 8.90. The number of aliphatic hydroxyl groups excluding tert-OH is 1. The Morgan fingerprint density at radius 3 is 2.54 bits per heavy atom. The molecule has 0 saturated carbocycles. The van der Waals surface area contributed by atoms with E-state index >= 15 is 0 Å². The van der Waals surface area contributed by atoms with Crippen LogP contribution in [0.5, 0.6) is 5.75 Å². The van der Waals surface area contributed by atoms with E-state index in [4.69, 9.17) is 9.84 Å². The average Bonchev–Trinajstić information content (AvgIpc) is 2.59. The maximum absolute atomic E-state index is 13.6. The number of rotatable bonds is 7. The van der Waals surface area contributed by atoms with Crippen molar-refractivity contribution < 1.29 is 23.4 Å². The van der Waals surface area contributed by atoms with Gasteiger partial charge in [0.15, 0.2) is 11.6 Å². The molecule has 0 heterocycles. The quantitative estimate of drug-likeness (QED) is 0.818. The Hall–Kier alpha value is -2.47. The molecular weight excluding hydrogens is 316 g/mol. The molecule has 0 fully saturated rings. The molecule has 0 spiro atoms. The zero-order valence-corrected chi connectivity index (χ0v) is 13.3. The molecular formula is C18H19F2NO3. The Morgan fingerprint density at radius 2 is 1.88 bits per heavy atom. The first kappa shape index (κ1) is 17.9. The van der Waals surface area contributed by atoms with Crippen LogP contribution < -0.4 is 10.1 Å². The van der Waals surface area contributed by atoms with Crippen LogP contribution in [0.4, 0.5) is 8.78 Å². The highest BCUT2D eigenvalue weighted by Gasteiger charge is 2.07. The Morgan fingerprint density at radius 1 is 1.12 bits per heavy atom. The van der Waals surface area contributed by atoms with Gasteiger partial charge in [-0.25, -0.2) is 8.78 Å². The summed E-state index contributed by atoms with van der Waals surface area (Å²) in [5.74, 6) is -0.965. The molecule has 2 aromatic rings. The van der Waals surface area contributed by atoms with Crippen LogP contribution in [0.1, 0.15) is 23.1 Å². The second kappa shape index (κ2) is 8.40. The van der Waals surface area contributed by atoms with Crippen molar-refractivity contribution in [3.05, 3.63) is 64.7 Å². The number of halogens is 2. The lowest BCUT2D eigenvalue weighted by Crippen LogP contribution is -2.23. The molecule has 0 bridgehead atoms. The standard InChI is InChI=1S/C18H19F2NO3/c1-24-17-6-3-12(9-16(17)20)4-7-18(23)21-10-13-2-5-15(19)14(8-13)11-22/h2-3,5-6,8-9,22H,4,7,10-11H2,1H3,(H,21,23). The number of methoxy groups -OCH3 is 1. The Balaban J connectivity index is 1.84. The normalized spacial score (nSPS) is 10.5. The van der Waals surface area contributed by atoms with Crippen LogP contribution in [0.3, 0.4) is 0 Å². The Kier molecular flexibility index (Phi) is 6.26. The lowest BCUT2D eigenvalue weighted by Gasteiger charge is -2.08. The fourth-order valence-corrected chi connectivity index (χ4v) is 2.27. The number of ether oxygens (including phenoxy) is 1. The monoisotopic (exact) mass is 335 g/mol. The number of hydrogen-bond donors (Lipinski definition) is 2. The molecule has 128 valence electrons. The van der Waals surface area contributed by atoms with Crippen LogP contribution in [-0.4, -0.2) is 18.1 Å². The van der Waals surface area contributed by atoms with Gasteiger partial charge in [0.05, 0.1) is 13.7 Å².